The molecule has 1 aromatic rings. The highest BCUT2D eigenvalue weighted by molar-refractivity contribution is 5.47. The highest BCUT2D eigenvalue weighted by atomic mass is 15.1. The molecule has 0 bridgehead atoms. The van der Waals surface area contributed by atoms with Crippen LogP contribution in [0.15, 0.2) is 30.8 Å². The molecule has 1 aromatic carbocycles. The molecule has 1 rings (SSSR count). The van der Waals surface area contributed by atoms with Crippen LogP contribution in [0, 0.1) is 0 Å². The first kappa shape index (κ1) is 16.0. The van der Waals surface area contributed by atoms with Crippen LogP contribution in [0.3, 0.4) is 0 Å². The summed E-state index contributed by atoms with van der Waals surface area (Å²) in [6.07, 6.45) is 8.28. The normalized spacial score (nSPS) is 10.9. The molecule has 0 fully saturated rings. The van der Waals surface area contributed by atoms with Crippen LogP contribution in [-0.2, 0) is 6.42 Å². The van der Waals surface area contributed by atoms with Gasteiger partial charge in [-0.15, -0.1) is 0 Å². The predicted octanol–water partition coefficient (Wildman–Crippen LogP) is 4.77. The maximum Gasteiger partial charge on any atom is 0.00218 e. The Morgan fingerprint density at radius 2 is 1.74 bits per heavy atom. The van der Waals surface area contributed by atoms with Crippen molar-refractivity contribution in [3.05, 3.63) is 42.0 Å². The van der Waals surface area contributed by atoms with E-state index in [0.717, 1.165) is 6.42 Å². The third-order valence-electron chi connectivity index (χ3n) is 3.56. The van der Waals surface area contributed by atoms with Crippen LogP contribution in [0.5, 0.6) is 0 Å². The third kappa shape index (κ3) is 6.58. The highest BCUT2D eigenvalue weighted by Crippen LogP contribution is 2.09. The van der Waals surface area contributed by atoms with Crippen molar-refractivity contribution in [1.29, 1.82) is 0 Å². The number of rotatable bonds is 10. The van der Waals surface area contributed by atoms with Gasteiger partial charge in [-0.2, -0.15) is 0 Å². The van der Waals surface area contributed by atoms with E-state index in [1.165, 1.54) is 56.4 Å². The summed E-state index contributed by atoms with van der Waals surface area (Å²) in [6, 6.07) is 8.73. The first-order valence-electron chi connectivity index (χ1n) is 7.73. The number of hydrogen-bond donors (Lipinski definition) is 0. The Kier molecular flexibility index (Phi) is 8.24. The van der Waals surface area contributed by atoms with Gasteiger partial charge in [0.05, 0.1) is 0 Å². The standard InChI is InChI=1S/C18H29N/c1-4-7-13-19(14-8-5-2)15-12-18-11-9-10-17(6-3)16-18/h6,9-11,16H,3-5,7-8,12-15H2,1-2H3. The number of nitrogens with zero attached hydrogens (tertiary/aromatic N) is 1. The Balaban J connectivity index is 2.46. The molecule has 106 valence electrons. The zero-order valence-corrected chi connectivity index (χ0v) is 12.7. The maximum atomic E-state index is 3.84. The minimum absolute atomic E-state index is 1.15. The molecule has 0 aromatic heterocycles. The molecular formula is C18H29N. The van der Waals surface area contributed by atoms with E-state index in [-0.39, 0.29) is 0 Å². The first-order chi connectivity index (χ1) is 9.30. The fourth-order valence-corrected chi connectivity index (χ4v) is 2.26. The van der Waals surface area contributed by atoms with Gasteiger partial charge in [0.25, 0.3) is 0 Å². The van der Waals surface area contributed by atoms with Crippen molar-refractivity contribution in [2.45, 2.75) is 46.0 Å². The first-order valence-corrected chi connectivity index (χ1v) is 7.73. The fraction of sp³-hybridized carbons (Fsp3) is 0.556. The molecule has 1 nitrogen and oxygen atoms in total. The smallest absolute Gasteiger partial charge is 0.00218 e. The molecule has 0 saturated carbocycles. The largest absolute Gasteiger partial charge is 0.303 e. The molecule has 0 N–H and O–H groups in total. The summed E-state index contributed by atoms with van der Waals surface area (Å²) in [6.45, 7) is 12.1. The van der Waals surface area contributed by atoms with Crippen molar-refractivity contribution in [2.75, 3.05) is 19.6 Å². The van der Waals surface area contributed by atoms with Gasteiger partial charge in [0.1, 0.15) is 0 Å². The molecule has 0 aliphatic carbocycles. The average Bonchev–Trinajstić information content (AvgIpc) is 2.46. The van der Waals surface area contributed by atoms with Gasteiger partial charge in [0.15, 0.2) is 0 Å². The number of benzene rings is 1. The number of unbranched alkanes of at least 4 members (excludes halogenated alkanes) is 2. The van der Waals surface area contributed by atoms with Gasteiger partial charge >= 0.3 is 0 Å². The monoisotopic (exact) mass is 259 g/mol. The Morgan fingerprint density at radius 3 is 2.32 bits per heavy atom. The van der Waals surface area contributed by atoms with Gasteiger partial charge < -0.3 is 4.90 Å². The molecule has 0 radical (unpaired) electrons. The highest BCUT2D eigenvalue weighted by Gasteiger charge is 2.04. The zero-order valence-electron chi connectivity index (χ0n) is 12.7. The molecule has 0 amide bonds. The minimum Gasteiger partial charge on any atom is -0.303 e. The van der Waals surface area contributed by atoms with E-state index in [4.69, 9.17) is 0 Å². The van der Waals surface area contributed by atoms with Crippen LogP contribution in [0.1, 0.15) is 50.7 Å². The van der Waals surface area contributed by atoms with Gasteiger partial charge in [-0.1, -0.05) is 63.6 Å². The van der Waals surface area contributed by atoms with E-state index in [9.17, 15) is 0 Å². The topological polar surface area (TPSA) is 3.24 Å². The molecule has 0 atom stereocenters. The lowest BCUT2D eigenvalue weighted by Gasteiger charge is -2.22. The van der Waals surface area contributed by atoms with E-state index >= 15 is 0 Å². The van der Waals surface area contributed by atoms with E-state index in [2.05, 4.69) is 49.6 Å². The molecule has 0 unspecified atom stereocenters. The Bertz CT molecular complexity index is 348. The van der Waals surface area contributed by atoms with Crippen molar-refractivity contribution < 1.29 is 0 Å². The molecule has 1 heteroatoms. The Labute approximate surface area is 119 Å². The van der Waals surface area contributed by atoms with E-state index in [1.807, 2.05) is 6.08 Å². The molecular weight excluding hydrogens is 230 g/mol. The van der Waals surface area contributed by atoms with Gasteiger partial charge in [-0.05, 0) is 43.5 Å². The second kappa shape index (κ2) is 9.80. The van der Waals surface area contributed by atoms with Gasteiger partial charge in [-0.25, -0.2) is 0 Å². The average molecular weight is 259 g/mol. The minimum atomic E-state index is 1.15. The van der Waals surface area contributed by atoms with Crippen molar-refractivity contribution in [1.82, 2.24) is 4.90 Å². The molecule has 19 heavy (non-hydrogen) atoms. The summed E-state index contributed by atoms with van der Waals surface area (Å²) in [5.41, 5.74) is 2.65. The lowest BCUT2D eigenvalue weighted by atomic mass is 10.1. The van der Waals surface area contributed by atoms with E-state index < -0.39 is 0 Å². The van der Waals surface area contributed by atoms with E-state index in [1.54, 1.807) is 0 Å². The summed E-state index contributed by atoms with van der Waals surface area (Å²) >= 11 is 0. The van der Waals surface area contributed by atoms with Gasteiger partial charge in [-0.3, -0.25) is 0 Å². The van der Waals surface area contributed by atoms with Crippen LogP contribution in [0.2, 0.25) is 0 Å². The van der Waals surface area contributed by atoms with Crippen LogP contribution < -0.4 is 0 Å². The second-order valence-corrected chi connectivity index (χ2v) is 5.25. The van der Waals surface area contributed by atoms with Crippen molar-refractivity contribution in [3.8, 4) is 0 Å². The summed E-state index contributed by atoms with van der Waals surface area (Å²) in [7, 11) is 0. The Morgan fingerprint density at radius 1 is 1.05 bits per heavy atom. The van der Waals surface area contributed by atoms with E-state index in [0.29, 0.717) is 0 Å². The molecule has 0 heterocycles. The van der Waals surface area contributed by atoms with Crippen molar-refractivity contribution >= 4 is 6.08 Å². The molecule has 0 aliphatic rings. The fourth-order valence-electron chi connectivity index (χ4n) is 2.26. The van der Waals surface area contributed by atoms with Gasteiger partial charge in [0.2, 0.25) is 0 Å². The van der Waals surface area contributed by atoms with Crippen LogP contribution in [0.25, 0.3) is 6.08 Å². The summed E-state index contributed by atoms with van der Waals surface area (Å²) in [4.78, 5) is 2.62. The quantitative estimate of drug-likeness (QED) is 0.585. The van der Waals surface area contributed by atoms with Gasteiger partial charge in [0, 0.05) is 6.54 Å². The summed E-state index contributed by atoms with van der Waals surface area (Å²) < 4.78 is 0. The molecule has 0 saturated heterocycles. The third-order valence-corrected chi connectivity index (χ3v) is 3.56. The predicted molar refractivity (Wildman–Crippen MR) is 86.5 cm³/mol. The lowest BCUT2D eigenvalue weighted by Crippen LogP contribution is -2.28. The summed E-state index contributed by atoms with van der Waals surface area (Å²) in [5.74, 6) is 0. The van der Waals surface area contributed by atoms with Crippen molar-refractivity contribution in [2.24, 2.45) is 0 Å². The SMILES string of the molecule is C=Cc1cccc(CCN(CCCC)CCCC)c1. The molecule has 0 aliphatic heterocycles. The molecule has 0 spiro atoms. The van der Waals surface area contributed by atoms with Crippen LogP contribution in [-0.4, -0.2) is 24.5 Å². The summed E-state index contributed by atoms with van der Waals surface area (Å²) in [5, 5.41) is 0. The van der Waals surface area contributed by atoms with Crippen molar-refractivity contribution in [3.63, 3.8) is 0 Å². The second-order valence-electron chi connectivity index (χ2n) is 5.25. The maximum absolute atomic E-state index is 3.84. The van der Waals surface area contributed by atoms with Crippen LogP contribution in [0.4, 0.5) is 0 Å². The van der Waals surface area contributed by atoms with Crippen LogP contribution >= 0.6 is 0 Å². The Hall–Kier alpha value is -1.08. The number of hydrogen-bond acceptors (Lipinski definition) is 1. The zero-order chi connectivity index (χ0) is 13.9. The lowest BCUT2D eigenvalue weighted by molar-refractivity contribution is 0.268.